The molecule has 5 rings (SSSR count). The minimum absolute atomic E-state index is 0.0319. The van der Waals surface area contributed by atoms with Crippen molar-refractivity contribution in [2.24, 2.45) is 0 Å². The van der Waals surface area contributed by atoms with Crippen LogP contribution in [0, 0.1) is 0 Å². The molecule has 0 amide bonds. The van der Waals surface area contributed by atoms with Crippen molar-refractivity contribution >= 4 is 29.7 Å². The van der Waals surface area contributed by atoms with E-state index in [9.17, 15) is 24.0 Å². The zero-order valence-corrected chi connectivity index (χ0v) is 25.1. The van der Waals surface area contributed by atoms with Gasteiger partial charge in [-0.1, -0.05) is 54.6 Å². The van der Waals surface area contributed by atoms with Crippen LogP contribution in [0.1, 0.15) is 44.2 Å². The van der Waals surface area contributed by atoms with Crippen molar-refractivity contribution in [1.82, 2.24) is 14.8 Å². The molecular weight excluding hydrogens is 612 g/mol. The van der Waals surface area contributed by atoms with Crippen LogP contribution in [0.3, 0.4) is 0 Å². The van der Waals surface area contributed by atoms with Crippen LogP contribution in [-0.2, 0) is 28.5 Å². The zero-order chi connectivity index (χ0) is 33.2. The zero-order valence-electron chi connectivity index (χ0n) is 25.1. The lowest BCUT2D eigenvalue weighted by Gasteiger charge is -2.24. The molecule has 0 radical (unpaired) electrons. The Hall–Kier alpha value is -5.89. The number of carbonyl (C=O) groups is 4. The molecule has 242 valence electrons. The van der Waals surface area contributed by atoms with Crippen molar-refractivity contribution in [3.63, 3.8) is 0 Å². The maximum Gasteiger partial charge on any atom is 0.368 e. The number of hydrogen-bond acceptors (Lipinski definition) is 13. The van der Waals surface area contributed by atoms with Gasteiger partial charge in [0, 0.05) is 0 Å². The van der Waals surface area contributed by atoms with Crippen LogP contribution in [0.4, 0.5) is 5.82 Å². The summed E-state index contributed by atoms with van der Waals surface area (Å²) in [5.74, 6) is -2.87. The summed E-state index contributed by atoms with van der Waals surface area (Å²) in [6.45, 7) is 1.11. The Morgan fingerprint density at radius 1 is 0.766 bits per heavy atom. The second kappa shape index (κ2) is 15.4. The Balaban J connectivity index is 1.47. The summed E-state index contributed by atoms with van der Waals surface area (Å²) in [6.07, 6.45) is -4.37. The highest BCUT2D eigenvalue weighted by Gasteiger charge is 2.52. The number of nitrogens with zero attached hydrogens (tertiary/aromatic N) is 3. The SMILES string of the molecule is CCOC(=O)CNc1cnn([C@@H]2O[C@@H](COC(=O)c3ccccc3)[C@@H](OC(=O)c3ccccc3)[C@@H]2OC(=O)c2ccccc2)c(=O)n1. The Morgan fingerprint density at radius 3 is 1.83 bits per heavy atom. The lowest BCUT2D eigenvalue weighted by Crippen LogP contribution is -2.43. The Morgan fingerprint density at radius 2 is 1.30 bits per heavy atom. The third kappa shape index (κ3) is 8.23. The molecule has 1 aliphatic rings. The molecule has 0 spiro atoms. The minimum atomic E-state index is -1.48. The number of esters is 4. The minimum Gasteiger partial charge on any atom is -0.465 e. The van der Waals surface area contributed by atoms with Gasteiger partial charge in [0.25, 0.3) is 0 Å². The van der Waals surface area contributed by atoms with Crippen LogP contribution >= 0.6 is 0 Å². The van der Waals surface area contributed by atoms with Gasteiger partial charge in [0.1, 0.15) is 19.3 Å². The van der Waals surface area contributed by atoms with Crippen molar-refractivity contribution < 1.29 is 42.9 Å². The van der Waals surface area contributed by atoms with Gasteiger partial charge < -0.3 is 29.0 Å². The van der Waals surface area contributed by atoms with E-state index >= 15 is 0 Å². The maximum absolute atomic E-state index is 13.3. The highest BCUT2D eigenvalue weighted by Crippen LogP contribution is 2.34. The van der Waals surface area contributed by atoms with E-state index in [0.717, 1.165) is 10.9 Å². The predicted octanol–water partition coefficient (Wildman–Crippen LogP) is 2.82. The van der Waals surface area contributed by atoms with Gasteiger partial charge in [-0.15, -0.1) is 0 Å². The molecule has 0 unspecified atom stereocenters. The smallest absolute Gasteiger partial charge is 0.368 e. The molecule has 1 aromatic heterocycles. The summed E-state index contributed by atoms with van der Waals surface area (Å²) in [5.41, 5.74) is -0.312. The van der Waals surface area contributed by atoms with E-state index in [1.807, 2.05) is 0 Å². The molecule has 1 fully saturated rings. The lowest BCUT2D eigenvalue weighted by atomic mass is 10.1. The molecule has 2 heterocycles. The second-order valence-corrected chi connectivity index (χ2v) is 10.0. The van der Waals surface area contributed by atoms with Crippen LogP contribution in [0.5, 0.6) is 0 Å². The predicted molar refractivity (Wildman–Crippen MR) is 163 cm³/mol. The fraction of sp³-hybridized carbons (Fsp3) is 0.242. The fourth-order valence-corrected chi connectivity index (χ4v) is 4.64. The number of rotatable bonds is 12. The summed E-state index contributed by atoms with van der Waals surface area (Å²) in [7, 11) is 0. The van der Waals surface area contributed by atoms with E-state index in [2.05, 4.69) is 15.4 Å². The molecule has 3 aromatic carbocycles. The van der Waals surface area contributed by atoms with Gasteiger partial charge in [-0.25, -0.2) is 19.2 Å². The molecule has 4 atom stereocenters. The third-order valence-electron chi connectivity index (χ3n) is 6.86. The first-order chi connectivity index (χ1) is 22.8. The quantitative estimate of drug-likeness (QED) is 0.177. The van der Waals surface area contributed by atoms with Gasteiger partial charge in [0.2, 0.25) is 0 Å². The molecule has 0 aliphatic carbocycles. The molecule has 4 aromatic rings. The molecule has 1 aliphatic heterocycles. The highest BCUT2D eigenvalue weighted by atomic mass is 16.7. The summed E-state index contributed by atoms with van der Waals surface area (Å²) < 4.78 is 29.0. The van der Waals surface area contributed by atoms with Crippen LogP contribution in [0.2, 0.25) is 0 Å². The second-order valence-electron chi connectivity index (χ2n) is 10.0. The molecule has 14 heteroatoms. The lowest BCUT2D eigenvalue weighted by molar-refractivity contribution is -0.140. The van der Waals surface area contributed by atoms with Gasteiger partial charge in [0.15, 0.2) is 24.3 Å². The fourth-order valence-electron chi connectivity index (χ4n) is 4.64. The monoisotopic (exact) mass is 642 g/mol. The Kier molecular flexibility index (Phi) is 10.7. The van der Waals surface area contributed by atoms with E-state index in [1.165, 1.54) is 24.3 Å². The summed E-state index contributed by atoms with van der Waals surface area (Å²) in [5, 5.41) is 6.77. The van der Waals surface area contributed by atoms with E-state index in [-0.39, 0.29) is 35.7 Å². The van der Waals surface area contributed by atoms with E-state index in [4.69, 9.17) is 23.7 Å². The van der Waals surface area contributed by atoms with Crippen LogP contribution in [-0.4, -0.2) is 76.7 Å². The van der Waals surface area contributed by atoms with Crippen molar-refractivity contribution in [3.05, 3.63) is 124 Å². The largest absolute Gasteiger partial charge is 0.465 e. The Labute approximate surface area is 268 Å². The molecule has 0 bridgehead atoms. The van der Waals surface area contributed by atoms with Gasteiger partial charge in [-0.05, 0) is 43.3 Å². The number of nitrogens with one attached hydrogen (secondary N) is 1. The number of ether oxygens (including phenoxy) is 5. The summed E-state index contributed by atoms with van der Waals surface area (Å²) in [6, 6.07) is 24.3. The van der Waals surface area contributed by atoms with Crippen LogP contribution in [0.25, 0.3) is 0 Å². The van der Waals surface area contributed by atoms with Crippen molar-refractivity contribution in [2.75, 3.05) is 25.1 Å². The van der Waals surface area contributed by atoms with Gasteiger partial charge in [-0.3, -0.25) is 4.79 Å². The van der Waals surface area contributed by atoms with Crippen molar-refractivity contribution in [2.45, 2.75) is 31.5 Å². The number of benzene rings is 3. The van der Waals surface area contributed by atoms with E-state index in [0.29, 0.717) is 0 Å². The van der Waals surface area contributed by atoms with E-state index < -0.39 is 60.7 Å². The van der Waals surface area contributed by atoms with Gasteiger partial charge >= 0.3 is 29.6 Å². The van der Waals surface area contributed by atoms with Crippen LogP contribution < -0.4 is 11.0 Å². The first kappa shape index (κ1) is 32.5. The maximum atomic E-state index is 13.3. The molecular formula is C33H30N4O10. The molecule has 0 saturated carbocycles. The van der Waals surface area contributed by atoms with Gasteiger partial charge in [-0.2, -0.15) is 14.8 Å². The molecule has 14 nitrogen and oxygen atoms in total. The molecule has 1 N–H and O–H groups in total. The molecule has 47 heavy (non-hydrogen) atoms. The topological polar surface area (TPSA) is 174 Å². The van der Waals surface area contributed by atoms with Gasteiger partial charge in [0.05, 0.1) is 29.5 Å². The van der Waals surface area contributed by atoms with E-state index in [1.54, 1.807) is 73.7 Å². The average Bonchev–Trinajstić information content (AvgIpc) is 3.43. The molecule has 1 saturated heterocycles. The van der Waals surface area contributed by atoms with Crippen molar-refractivity contribution in [1.29, 1.82) is 0 Å². The average molecular weight is 643 g/mol. The summed E-state index contributed by atoms with van der Waals surface area (Å²) in [4.78, 5) is 68.2. The number of carbonyl (C=O) groups excluding carboxylic acids is 4. The number of anilines is 1. The van der Waals surface area contributed by atoms with Crippen molar-refractivity contribution in [3.8, 4) is 0 Å². The third-order valence-corrected chi connectivity index (χ3v) is 6.86. The summed E-state index contributed by atoms with van der Waals surface area (Å²) >= 11 is 0. The normalized spacial score (nSPS) is 18.5. The highest BCUT2D eigenvalue weighted by molar-refractivity contribution is 5.91. The first-order valence-electron chi connectivity index (χ1n) is 14.6. The first-order valence-corrected chi connectivity index (χ1v) is 14.6. The Bertz CT molecular complexity index is 1750. The van der Waals surface area contributed by atoms with Crippen LogP contribution in [0.15, 0.2) is 102 Å². The number of hydrogen-bond donors (Lipinski definition) is 1. The standard InChI is InChI=1S/C33H30N4O10/c1-2-43-26(38)19-34-25-18-35-37(33(42)36-25)29-28(47-32(41)23-16-10-5-11-17-23)27(46-31(40)22-14-8-4-9-15-22)24(45-29)20-44-30(39)21-12-6-3-7-13-21/h3-18,24,27-29H,2,19-20H2,1H3,(H,34,36,42)/t24-,27+,28-,29+/m0/s1. The number of aromatic nitrogens is 3.